The molecular weight excluding hydrogens is 380 g/mol. The van der Waals surface area contributed by atoms with E-state index in [9.17, 15) is 9.59 Å². The number of alkyl halides is 1. The zero-order valence-corrected chi connectivity index (χ0v) is 16.9. The normalized spacial score (nSPS) is 15.1. The maximum atomic E-state index is 11.9. The molecule has 0 saturated carbocycles. The monoisotopic (exact) mass is 402 g/mol. The average Bonchev–Trinajstić information content (AvgIpc) is 2.93. The third-order valence-corrected chi connectivity index (χ3v) is 4.92. The number of hydrogen-bond acceptors (Lipinski definition) is 4. The Morgan fingerprint density at radius 2 is 2.00 bits per heavy atom. The molecule has 0 saturated heterocycles. The SMILES string of the molecule is CCNC(=O)c1ccc(Oc2c(C)n(CC(=O)OC)c3c2=CC(Cl)CC=3)cc1. The smallest absolute Gasteiger partial charge is 0.325 e. The van der Waals surface area contributed by atoms with Crippen LogP contribution in [0.25, 0.3) is 12.2 Å². The van der Waals surface area contributed by atoms with Gasteiger partial charge in [-0.15, -0.1) is 11.6 Å². The number of halogens is 1. The molecule has 1 aromatic carbocycles. The Morgan fingerprint density at radius 3 is 2.64 bits per heavy atom. The van der Waals surface area contributed by atoms with Crippen LogP contribution in [0, 0.1) is 6.92 Å². The molecule has 6 nitrogen and oxygen atoms in total. The predicted molar refractivity (Wildman–Crippen MR) is 108 cm³/mol. The second-order valence-corrected chi connectivity index (χ2v) is 7.04. The van der Waals surface area contributed by atoms with Crippen LogP contribution in [0.3, 0.4) is 0 Å². The first-order valence-electron chi connectivity index (χ1n) is 9.12. The molecule has 1 N–H and O–H groups in total. The van der Waals surface area contributed by atoms with Crippen molar-refractivity contribution < 1.29 is 19.1 Å². The molecule has 1 aliphatic rings. The van der Waals surface area contributed by atoms with E-state index >= 15 is 0 Å². The third kappa shape index (κ3) is 4.07. The van der Waals surface area contributed by atoms with Gasteiger partial charge in [-0.3, -0.25) is 9.59 Å². The number of amides is 1. The van der Waals surface area contributed by atoms with Gasteiger partial charge in [0, 0.05) is 22.7 Å². The summed E-state index contributed by atoms with van der Waals surface area (Å²) in [5.41, 5.74) is 1.37. The molecule has 3 rings (SSSR count). The number of ether oxygens (including phenoxy) is 2. The fourth-order valence-electron chi connectivity index (χ4n) is 3.20. The molecule has 0 aliphatic heterocycles. The number of esters is 1. The molecule has 1 amide bonds. The summed E-state index contributed by atoms with van der Waals surface area (Å²) in [6.07, 6.45) is 4.63. The quantitative estimate of drug-likeness (QED) is 0.593. The molecule has 0 spiro atoms. The number of methoxy groups -OCH3 is 1. The van der Waals surface area contributed by atoms with E-state index in [1.54, 1.807) is 24.3 Å². The lowest BCUT2D eigenvalue weighted by molar-refractivity contribution is -0.141. The number of benzene rings is 1. The zero-order valence-electron chi connectivity index (χ0n) is 16.1. The first-order chi connectivity index (χ1) is 13.4. The van der Waals surface area contributed by atoms with Crippen LogP contribution in [0.4, 0.5) is 0 Å². The first-order valence-corrected chi connectivity index (χ1v) is 9.56. The van der Waals surface area contributed by atoms with Crippen LogP contribution in [0.1, 0.15) is 29.4 Å². The van der Waals surface area contributed by atoms with Crippen molar-refractivity contribution in [3.63, 3.8) is 0 Å². The number of aromatic nitrogens is 1. The van der Waals surface area contributed by atoms with E-state index in [2.05, 4.69) is 5.32 Å². The fraction of sp³-hybridized carbons (Fsp3) is 0.333. The topological polar surface area (TPSA) is 69.6 Å². The first kappa shape index (κ1) is 20.0. The van der Waals surface area contributed by atoms with Crippen molar-refractivity contribution in [2.75, 3.05) is 13.7 Å². The van der Waals surface area contributed by atoms with Crippen molar-refractivity contribution in [3.05, 3.63) is 46.1 Å². The number of carbonyl (C=O) groups is 2. The Kier molecular flexibility index (Phi) is 6.09. The number of rotatable bonds is 6. The molecule has 1 aromatic heterocycles. The van der Waals surface area contributed by atoms with E-state index in [0.29, 0.717) is 30.0 Å². The lowest BCUT2D eigenvalue weighted by atomic mass is 10.1. The number of fused-ring (bicyclic) bond motifs is 1. The Balaban J connectivity index is 1.98. The van der Waals surface area contributed by atoms with Crippen molar-refractivity contribution >= 4 is 35.6 Å². The van der Waals surface area contributed by atoms with Crippen molar-refractivity contribution in [1.29, 1.82) is 0 Å². The molecule has 2 aromatic rings. The zero-order chi connectivity index (χ0) is 20.3. The summed E-state index contributed by atoms with van der Waals surface area (Å²) in [5, 5.41) is 4.38. The molecule has 7 heteroatoms. The summed E-state index contributed by atoms with van der Waals surface area (Å²) in [4.78, 5) is 23.7. The van der Waals surface area contributed by atoms with Crippen molar-refractivity contribution in [2.24, 2.45) is 0 Å². The van der Waals surface area contributed by atoms with E-state index in [0.717, 1.165) is 16.3 Å². The Morgan fingerprint density at radius 1 is 1.29 bits per heavy atom. The highest BCUT2D eigenvalue weighted by Crippen LogP contribution is 2.23. The van der Waals surface area contributed by atoms with E-state index in [-0.39, 0.29) is 23.8 Å². The minimum Gasteiger partial charge on any atom is -0.468 e. The highest BCUT2D eigenvalue weighted by Gasteiger charge is 2.19. The van der Waals surface area contributed by atoms with Crippen molar-refractivity contribution in [3.8, 4) is 11.5 Å². The van der Waals surface area contributed by atoms with Crippen LogP contribution in [0.2, 0.25) is 0 Å². The minimum absolute atomic E-state index is 0.0987. The molecule has 1 aliphatic carbocycles. The molecule has 1 heterocycles. The van der Waals surface area contributed by atoms with Gasteiger partial charge in [-0.05, 0) is 44.5 Å². The van der Waals surface area contributed by atoms with E-state index in [1.807, 2.05) is 30.6 Å². The summed E-state index contributed by atoms with van der Waals surface area (Å²) >= 11 is 6.31. The Bertz CT molecular complexity index is 1010. The molecule has 0 bridgehead atoms. The third-order valence-electron chi connectivity index (χ3n) is 4.62. The molecule has 0 radical (unpaired) electrons. The van der Waals surface area contributed by atoms with Gasteiger partial charge in [0.2, 0.25) is 0 Å². The van der Waals surface area contributed by atoms with Gasteiger partial charge in [-0.1, -0.05) is 12.2 Å². The highest BCUT2D eigenvalue weighted by atomic mass is 35.5. The molecular formula is C21H23ClN2O4. The van der Waals surface area contributed by atoms with E-state index in [1.165, 1.54) is 7.11 Å². The maximum Gasteiger partial charge on any atom is 0.325 e. The Labute approximate surface area is 168 Å². The van der Waals surface area contributed by atoms with Crippen LogP contribution < -0.4 is 20.6 Å². The fourth-order valence-corrected chi connectivity index (χ4v) is 3.41. The van der Waals surface area contributed by atoms with Crippen molar-refractivity contribution in [1.82, 2.24) is 9.88 Å². The van der Waals surface area contributed by atoms with Crippen LogP contribution in [-0.4, -0.2) is 35.5 Å². The largest absolute Gasteiger partial charge is 0.468 e. The van der Waals surface area contributed by atoms with Crippen LogP contribution in [0.15, 0.2) is 24.3 Å². The molecule has 0 fully saturated rings. The highest BCUT2D eigenvalue weighted by molar-refractivity contribution is 6.24. The molecule has 1 atom stereocenters. The maximum absolute atomic E-state index is 11.9. The number of nitrogens with zero attached hydrogens (tertiary/aromatic N) is 1. The van der Waals surface area contributed by atoms with Crippen LogP contribution in [0.5, 0.6) is 11.5 Å². The minimum atomic E-state index is -0.333. The van der Waals surface area contributed by atoms with Gasteiger partial charge in [0.1, 0.15) is 12.3 Å². The second kappa shape index (κ2) is 8.52. The van der Waals surface area contributed by atoms with Gasteiger partial charge in [-0.2, -0.15) is 0 Å². The molecule has 28 heavy (non-hydrogen) atoms. The molecule has 148 valence electrons. The van der Waals surface area contributed by atoms with Gasteiger partial charge in [0.05, 0.1) is 18.2 Å². The molecule has 1 unspecified atom stereocenters. The van der Waals surface area contributed by atoms with E-state index < -0.39 is 0 Å². The number of carbonyl (C=O) groups excluding carboxylic acids is 2. The summed E-state index contributed by atoms with van der Waals surface area (Å²) in [5.74, 6) is 0.783. The summed E-state index contributed by atoms with van der Waals surface area (Å²) in [6.45, 7) is 4.44. The number of hydrogen-bond donors (Lipinski definition) is 1. The van der Waals surface area contributed by atoms with Crippen molar-refractivity contribution in [2.45, 2.75) is 32.2 Å². The van der Waals surface area contributed by atoms with E-state index in [4.69, 9.17) is 21.1 Å². The summed E-state index contributed by atoms with van der Waals surface area (Å²) in [7, 11) is 1.37. The van der Waals surface area contributed by atoms with Gasteiger partial charge in [-0.25, -0.2) is 0 Å². The average molecular weight is 403 g/mol. The Hall–Kier alpha value is -2.73. The lowest BCUT2D eigenvalue weighted by Crippen LogP contribution is -2.35. The second-order valence-electron chi connectivity index (χ2n) is 6.48. The van der Waals surface area contributed by atoms with Crippen LogP contribution >= 0.6 is 11.6 Å². The number of nitrogens with one attached hydrogen (secondary N) is 1. The summed E-state index contributed by atoms with van der Waals surface area (Å²) in [6, 6.07) is 6.93. The standard InChI is InChI=1S/C21H23ClN2O4/c1-4-23-21(26)14-5-8-16(9-6-14)28-20-13(2)24(12-19(25)27-3)18-10-7-15(22)11-17(18)20/h5-6,8-11,15H,4,7,12H2,1-3H3,(H,23,26). The summed E-state index contributed by atoms with van der Waals surface area (Å²) < 4.78 is 12.8. The predicted octanol–water partition coefficient (Wildman–Crippen LogP) is 2.08. The lowest BCUT2D eigenvalue weighted by Gasteiger charge is -2.09. The van der Waals surface area contributed by atoms with Gasteiger partial charge < -0.3 is 19.4 Å². The van der Waals surface area contributed by atoms with Gasteiger partial charge >= 0.3 is 5.97 Å². The van der Waals surface area contributed by atoms with Gasteiger partial charge in [0.15, 0.2) is 5.75 Å². The van der Waals surface area contributed by atoms with Gasteiger partial charge in [0.25, 0.3) is 5.91 Å². The van der Waals surface area contributed by atoms with Crippen LogP contribution in [-0.2, 0) is 16.1 Å².